The van der Waals surface area contributed by atoms with Crippen LogP contribution in [0.4, 0.5) is 0 Å². The number of fused-ring (bicyclic) bond motifs is 2. The topological polar surface area (TPSA) is 58.6 Å². The molecule has 0 aromatic carbocycles. The van der Waals surface area contributed by atoms with Gasteiger partial charge in [0.1, 0.15) is 0 Å². The number of hydrogen-bond donors (Lipinski definition) is 1. The zero-order valence-corrected chi connectivity index (χ0v) is 13.5. The first kappa shape index (κ1) is 14.8. The maximum absolute atomic E-state index is 12.5. The molecule has 0 radical (unpaired) electrons. The van der Waals surface area contributed by atoms with E-state index in [1.807, 2.05) is 0 Å². The molecule has 5 nitrogen and oxygen atoms in total. The molecule has 3 fully saturated rings. The Kier molecular flexibility index (Phi) is 3.44. The summed E-state index contributed by atoms with van der Waals surface area (Å²) in [6.45, 7) is 8.78. The quantitative estimate of drug-likeness (QED) is 0.856. The lowest BCUT2D eigenvalue weighted by molar-refractivity contribution is 0.0712. The van der Waals surface area contributed by atoms with Crippen LogP contribution in [0.1, 0.15) is 40.0 Å². The summed E-state index contributed by atoms with van der Waals surface area (Å²) < 4.78 is 34.8. The molecule has 3 unspecified atom stereocenters. The SMILES string of the molecule is CC1(C)C2CCC1(C)C(NS(=O)(=O)N1CCOCC1)C2. The zero-order valence-electron chi connectivity index (χ0n) is 12.7. The molecule has 20 heavy (non-hydrogen) atoms. The zero-order chi connectivity index (χ0) is 14.6. The molecule has 1 aliphatic heterocycles. The highest BCUT2D eigenvalue weighted by atomic mass is 32.2. The van der Waals surface area contributed by atoms with E-state index in [2.05, 4.69) is 25.5 Å². The molecule has 1 heterocycles. The summed E-state index contributed by atoms with van der Waals surface area (Å²) in [6.07, 6.45) is 3.34. The van der Waals surface area contributed by atoms with E-state index in [-0.39, 0.29) is 16.9 Å². The van der Waals surface area contributed by atoms with Gasteiger partial charge >= 0.3 is 0 Å². The third-order valence-corrected chi connectivity index (χ3v) is 8.02. The molecular weight excluding hydrogens is 276 g/mol. The van der Waals surface area contributed by atoms with Crippen molar-refractivity contribution in [3.8, 4) is 0 Å². The van der Waals surface area contributed by atoms with Crippen molar-refractivity contribution in [2.75, 3.05) is 26.3 Å². The summed E-state index contributed by atoms with van der Waals surface area (Å²) in [5, 5.41) is 0. The van der Waals surface area contributed by atoms with Crippen LogP contribution in [0, 0.1) is 16.7 Å². The minimum absolute atomic E-state index is 0.0732. The minimum atomic E-state index is -3.37. The van der Waals surface area contributed by atoms with Gasteiger partial charge in [-0.2, -0.15) is 17.4 Å². The first-order valence-electron chi connectivity index (χ1n) is 7.62. The molecule has 2 aliphatic carbocycles. The lowest BCUT2D eigenvalue weighted by Crippen LogP contribution is -2.53. The molecule has 0 amide bonds. The molecule has 0 aromatic rings. The van der Waals surface area contributed by atoms with Crippen LogP contribution in [0.5, 0.6) is 0 Å². The summed E-state index contributed by atoms with van der Waals surface area (Å²) in [5.74, 6) is 0.643. The van der Waals surface area contributed by atoms with Gasteiger partial charge in [0.15, 0.2) is 0 Å². The fourth-order valence-electron chi connectivity index (χ4n) is 4.42. The smallest absolute Gasteiger partial charge is 0.279 e. The van der Waals surface area contributed by atoms with Crippen molar-refractivity contribution in [2.45, 2.75) is 46.1 Å². The van der Waals surface area contributed by atoms with Gasteiger partial charge < -0.3 is 4.74 Å². The van der Waals surface area contributed by atoms with Crippen molar-refractivity contribution >= 4 is 10.2 Å². The average molecular weight is 302 g/mol. The lowest BCUT2D eigenvalue weighted by atomic mass is 9.69. The molecule has 2 saturated carbocycles. The normalized spacial score (nSPS) is 41.1. The number of morpholine rings is 1. The van der Waals surface area contributed by atoms with Crippen LogP contribution in [-0.4, -0.2) is 45.1 Å². The van der Waals surface area contributed by atoms with Crippen molar-refractivity contribution in [3.05, 3.63) is 0 Å². The van der Waals surface area contributed by atoms with Gasteiger partial charge in [0.25, 0.3) is 10.2 Å². The van der Waals surface area contributed by atoms with Crippen molar-refractivity contribution in [1.82, 2.24) is 9.03 Å². The van der Waals surface area contributed by atoms with Crippen LogP contribution in [0.25, 0.3) is 0 Å². The highest BCUT2D eigenvalue weighted by Gasteiger charge is 2.62. The van der Waals surface area contributed by atoms with Gasteiger partial charge in [-0.3, -0.25) is 0 Å². The largest absolute Gasteiger partial charge is 0.379 e. The third-order valence-electron chi connectivity index (χ3n) is 6.40. The Bertz CT molecular complexity index is 485. The third kappa shape index (κ3) is 2.03. The van der Waals surface area contributed by atoms with Gasteiger partial charge in [0.2, 0.25) is 0 Å². The van der Waals surface area contributed by atoms with E-state index >= 15 is 0 Å². The Labute approximate surface area is 122 Å². The summed E-state index contributed by atoms with van der Waals surface area (Å²) in [7, 11) is -3.37. The number of nitrogens with zero attached hydrogens (tertiary/aromatic N) is 1. The van der Waals surface area contributed by atoms with Crippen molar-refractivity contribution in [3.63, 3.8) is 0 Å². The Morgan fingerprint density at radius 2 is 1.85 bits per heavy atom. The molecule has 1 saturated heterocycles. The fourth-order valence-corrected chi connectivity index (χ4v) is 5.92. The van der Waals surface area contributed by atoms with Crippen molar-refractivity contribution in [2.24, 2.45) is 16.7 Å². The molecular formula is C14H26N2O3S. The summed E-state index contributed by atoms with van der Waals surface area (Å²) in [5.41, 5.74) is 0.308. The molecule has 1 N–H and O–H groups in total. The number of nitrogens with one attached hydrogen (secondary N) is 1. The molecule has 2 bridgehead atoms. The fraction of sp³-hybridized carbons (Fsp3) is 1.00. The number of hydrogen-bond acceptors (Lipinski definition) is 3. The molecule has 6 heteroatoms. The van der Waals surface area contributed by atoms with Crippen LogP contribution in [0.15, 0.2) is 0 Å². The van der Waals surface area contributed by atoms with E-state index in [1.165, 1.54) is 10.7 Å². The highest BCUT2D eigenvalue weighted by Crippen LogP contribution is 2.65. The first-order chi connectivity index (χ1) is 9.27. The maximum atomic E-state index is 12.5. The van der Waals surface area contributed by atoms with Gasteiger partial charge in [-0.05, 0) is 36.0 Å². The Morgan fingerprint density at radius 3 is 2.35 bits per heavy atom. The van der Waals surface area contributed by atoms with E-state index in [1.54, 1.807) is 0 Å². The second-order valence-electron chi connectivity index (χ2n) is 7.30. The van der Waals surface area contributed by atoms with Gasteiger partial charge in [-0.25, -0.2) is 0 Å². The summed E-state index contributed by atoms with van der Waals surface area (Å²) in [4.78, 5) is 0. The number of rotatable bonds is 3. The average Bonchev–Trinajstić information content (AvgIpc) is 2.72. The summed E-state index contributed by atoms with van der Waals surface area (Å²) >= 11 is 0. The van der Waals surface area contributed by atoms with E-state index in [4.69, 9.17) is 4.74 Å². The van der Waals surface area contributed by atoms with Crippen molar-refractivity contribution < 1.29 is 13.2 Å². The summed E-state index contributed by atoms with van der Waals surface area (Å²) in [6, 6.07) is 0.0732. The molecule has 3 rings (SSSR count). The van der Waals surface area contributed by atoms with Gasteiger partial charge in [-0.1, -0.05) is 20.8 Å². The first-order valence-corrected chi connectivity index (χ1v) is 9.06. The van der Waals surface area contributed by atoms with Gasteiger partial charge in [0, 0.05) is 19.1 Å². The highest BCUT2D eigenvalue weighted by molar-refractivity contribution is 7.87. The van der Waals surface area contributed by atoms with E-state index in [0.29, 0.717) is 32.2 Å². The van der Waals surface area contributed by atoms with Gasteiger partial charge in [0.05, 0.1) is 13.2 Å². The predicted molar refractivity (Wildman–Crippen MR) is 77.5 cm³/mol. The van der Waals surface area contributed by atoms with Crippen LogP contribution in [0.3, 0.4) is 0 Å². The monoisotopic (exact) mass is 302 g/mol. The molecule has 0 spiro atoms. The van der Waals surface area contributed by atoms with Gasteiger partial charge in [-0.15, -0.1) is 0 Å². The minimum Gasteiger partial charge on any atom is -0.379 e. The second-order valence-corrected chi connectivity index (χ2v) is 9.00. The van der Waals surface area contributed by atoms with Crippen molar-refractivity contribution in [1.29, 1.82) is 0 Å². The van der Waals surface area contributed by atoms with E-state index in [0.717, 1.165) is 12.8 Å². The number of ether oxygens (including phenoxy) is 1. The maximum Gasteiger partial charge on any atom is 0.279 e. The molecule has 3 atom stereocenters. The second kappa shape index (κ2) is 4.66. The molecule has 0 aromatic heterocycles. The van der Waals surface area contributed by atoms with Crippen LogP contribution >= 0.6 is 0 Å². The standard InChI is InChI=1S/C14H26N2O3S/c1-13(2)11-4-5-14(13,3)12(10-11)15-20(17,18)16-6-8-19-9-7-16/h11-12,15H,4-10H2,1-3H3. The molecule has 3 aliphatic rings. The van der Waals surface area contributed by atoms with E-state index < -0.39 is 10.2 Å². The lowest BCUT2D eigenvalue weighted by Gasteiger charge is -2.40. The Hall–Kier alpha value is -0.170. The van der Waals surface area contributed by atoms with Crippen LogP contribution < -0.4 is 4.72 Å². The Balaban J connectivity index is 1.76. The Morgan fingerprint density at radius 1 is 1.20 bits per heavy atom. The molecule has 116 valence electrons. The van der Waals surface area contributed by atoms with Crippen LogP contribution in [-0.2, 0) is 14.9 Å². The predicted octanol–water partition coefficient (Wildman–Crippen LogP) is 1.37. The van der Waals surface area contributed by atoms with E-state index in [9.17, 15) is 8.42 Å². The van der Waals surface area contributed by atoms with Crippen LogP contribution in [0.2, 0.25) is 0 Å².